The molecule has 0 saturated carbocycles. The average molecular weight is 258 g/mol. The molecule has 1 aromatic rings. The largest absolute Gasteiger partial charge is 0.393 e. The molecule has 0 spiro atoms. The van der Waals surface area contributed by atoms with Crippen molar-refractivity contribution >= 4 is 17.5 Å². The first kappa shape index (κ1) is 12.5. The average Bonchev–Trinajstić information content (AvgIpc) is 2.40. The summed E-state index contributed by atoms with van der Waals surface area (Å²) in [6, 6.07) is 0. The molecule has 6 heteroatoms. The Morgan fingerprint density at radius 2 is 2.00 bits per heavy atom. The van der Waals surface area contributed by atoms with E-state index in [0.717, 1.165) is 25.9 Å². The van der Waals surface area contributed by atoms with Gasteiger partial charge >= 0.3 is 0 Å². The predicted molar refractivity (Wildman–Crippen MR) is 65.3 cm³/mol. The number of anilines is 1. The van der Waals surface area contributed by atoms with Gasteiger partial charge < -0.3 is 14.7 Å². The zero-order chi connectivity index (χ0) is 12.3. The summed E-state index contributed by atoms with van der Waals surface area (Å²) in [5.41, 5.74) is -0.400. The van der Waals surface area contributed by atoms with Crippen molar-refractivity contribution in [3.63, 3.8) is 0 Å². The fourth-order valence-corrected chi connectivity index (χ4v) is 2.11. The standard InChI is InChI=1S/C11H16ClN3O2/c1-17-11(8-16)2-4-15(5-3-11)10-13-6-9(12)7-14-10/h6-7,16H,2-5,8H2,1H3. The summed E-state index contributed by atoms with van der Waals surface area (Å²) in [4.78, 5) is 10.4. The van der Waals surface area contributed by atoms with E-state index in [-0.39, 0.29) is 6.61 Å². The molecule has 0 unspecified atom stereocenters. The Kier molecular flexibility index (Phi) is 3.81. The minimum absolute atomic E-state index is 0.0544. The molecule has 17 heavy (non-hydrogen) atoms. The Morgan fingerprint density at radius 3 is 2.47 bits per heavy atom. The van der Waals surface area contributed by atoms with Crippen molar-refractivity contribution in [3.8, 4) is 0 Å². The molecule has 2 heterocycles. The van der Waals surface area contributed by atoms with Gasteiger partial charge in [0.15, 0.2) is 0 Å². The number of methoxy groups -OCH3 is 1. The molecule has 0 radical (unpaired) electrons. The van der Waals surface area contributed by atoms with Gasteiger partial charge in [0, 0.05) is 20.2 Å². The number of rotatable bonds is 3. The van der Waals surface area contributed by atoms with Crippen molar-refractivity contribution in [3.05, 3.63) is 17.4 Å². The van der Waals surface area contributed by atoms with Crippen molar-refractivity contribution in [2.75, 3.05) is 31.7 Å². The molecule has 94 valence electrons. The van der Waals surface area contributed by atoms with Crippen LogP contribution in [0.1, 0.15) is 12.8 Å². The third kappa shape index (κ3) is 2.68. The molecule has 1 N–H and O–H groups in total. The summed E-state index contributed by atoms with van der Waals surface area (Å²) < 4.78 is 5.39. The van der Waals surface area contributed by atoms with Crippen LogP contribution >= 0.6 is 11.6 Å². The van der Waals surface area contributed by atoms with Gasteiger partial charge in [0.1, 0.15) is 0 Å². The normalized spacial score (nSPS) is 19.4. The van der Waals surface area contributed by atoms with Gasteiger partial charge in [0.05, 0.1) is 29.6 Å². The monoisotopic (exact) mass is 257 g/mol. The summed E-state index contributed by atoms with van der Waals surface area (Å²) in [6.07, 6.45) is 4.72. The molecule has 2 rings (SSSR count). The number of aliphatic hydroxyl groups is 1. The van der Waals surface area contributed by atoms with Crippen LogP contribution in [0.25, 0.3) is 0 Å². The van der Waals surface area contributed by atoms with Crippen molar-refractivity contribution in [1.82, 2.24) is 9.97 Å². The zero-order valence-corrected chi connectivity index (χ0v) is 10.5. The van der Waals surface area contributed by atoms with E-state index in [1.807, 2.05) is 0 Å². The predicted octanol–water partition coefficient (Wildman–Crippen LogP) is 1.11. The van der Waals surface area contributed by atoms with E-state index in [9.17, 15) is 5.11 Å². The van der Waals surface area contributed by atoms with Gasteiger partial charge in [-0.25, -0.2) is 9.97 Å². The Bertz CT molecular complexity index is 357. The van der Waals surface area contributed by atoms with E-state index in [2.05, 4.69) is 14.9 Å². The second kappa shape index (κ2) is 5.16. The van der Waals surface area contributed by atoms with E-state index < -0.39 is 5.60 Å². The van der Waals surface area contributed by atoms with Crippen molar-refractivity contribution in [1.29, 1.82) is 0 Å². The van der Waals surface area contributed by atoms with Crippen LogP contribution in [0.4, 0.5) is 5.95 Å². The summed E-state index contributed by atoms with van der Waals surface area (Å²) in [5, 5.41) is 9.88. The number of piperidine rings is 1. The van der Waals surface area contributed by atoms with Crippen LogP contribution < -0.4 is 4.90 Å². The molecule has 1 fully saturated rings. The van der Waals surface area contributed by atoms with Gasteiger partial charge in [0.25, 0.3) is 0 Å². The molecule has 1 aromatic heterocycles. The first-order valence-corrected chi connectivity index (χ1v) is 5.95. The minimum Gasteiger partial charge on any atom is -0.393 e. The van der Waals surface area contributed by atoms with Crippen molar-refractivity contribution in [2.24, 2.45) is 0 Å². The molecule has 5 nitrogen and oxygen atoms in total. The molecule has 1 aliphatic rings. The quantitative estimate of drug-likeness (QED) is 0.879. The number of halogens is 1. The minimum atomic E-state index is -0.400. The van der Waals surface area contributed by atoms with Gasteiger partial charge in [-0.15, -0.1) is 0 Å². The number of aromatic nitrogens is 2. The molecule has 1 saturated heterocycles. The lowest BCUT2D eigenvalue weighted by Gasteiger charge is -2.39. The number of nitrogens with zero attached hydrogens (tertiary/aromatic N) is 3. The Labute approximate surface area is 105 Å². The van der Waals surface area contributed by atoms with Gasteiger partial charge in [-0.2, -0.15) is 0 Å². The number of aliphatic hydroxyl groups excluding tert-OH is 1. The topological polar surface area (TPSA) is 58.5 Å². The van der Waals surface area contributed by atoms with Crippen LogP contribution in [0.3, 0.4) is 0 Å². The van der Waals surface area contributed by atoms with E-state index in [0.29, 0.717) is 11.0 Å². The maximum absolute atomic E-state index is 9.34. The molecule has 0 amide bonds. The highest BCUT2D eigenvalue weighted by molar-refractivity contribution is 6.30. The number of hydrogen-bond acceptors (Lipinski definition) is 5. The van der Waals surface area contributed by atoms with Crippen LogP contribution in [0.15, 0.2) is 12.4 Å². The Balaban J connectivity index is 2.01. The van der Waals surface area contributed by atoms with Crippen molar-refractivity contribution in [2.45, 2.75) is 18.4 Å². The number of ether oxygens (including phenoxy) is 1. The van der Waals surface area contributed by atoms with Crippen LogP contribution in [0, 0.1) is 0 Å². The Morgan fingerprint density at radius 1 is 1.41 bits per heavy atom. The van der Waals surface area contributed by atoms with Crippen LogP contribution in [0.2, 0.25) is 5.02 Å². The van der Waals surface area contributed by atoms with Gasteiger partial charge in [0.2, 0.25) is 5.95 Å². The molecule has 1 aliphatic heterocycles. The van der Waals surface area contributed by atoms with Gasteiger partial charge in [-0.3, -0.25) is 0 Å². The maximum atomic E-state index is 9.34. The van der Waals surface area contributed by atoms with E-state index in [4.69, 9.17) is 16.3 Å². The molecule has 0 aliphatic carbocycles. The van der Waals surface area contributed by atoms with E-state index in [1.54, 1.807) is 19.5 Å². The third-order valence-corrected chi connectivity index (χ3v) is 3.48. The van der Waals surface area contributed by atoms with E-state index in [1.165, 1.54) is 0 Å². The second-order valence-electron chi connectivity index (χ2n) is 4.23. The molecular formula is C11H16ClN3O2. The smallest absolute Gasteiger partial charge is 0.225 e. The molecule has 0 atom stereocenters. The lowest BCUT2D eigenvalue weighted by Crippen LogP contribution is -2.48. The first-order valence-electron chi connectivity index (χ1n) is 5.58. The van der Waals surface area contributed by atoms with Crippen LogP contribution in [-0.2, 0) is 4.74 Å². The summed E-state index contributed by atoms with van der Waals surface area (Å²) in [7, 11) is 1.64. The summed E-state index contributed by atoms with van der Waals surface area (Å²) in [5.74, 6) is 0.678. The lowest BCUT2D eigenvalue weighted by atomic mass is 9.92. The molecular weight excluding hydrogens is 242 g/mol. The zero-order valence-electron chi connectivity index (χ0n) is 9.77. The first-order chi connectivity index (χ1) is 8.19. The van der Waals surface area contributed by atoms with E-state index >= 15 is 0 Å². The fourth-order valence-electron chi connectivity index (χ4n) is 2.01. The van der Waals surface area contributed by atoms with Crippen molar-refractivity contribution < 1.29 is 9.84 Å². The molecule has 0 bridgehead atoms. The SMILES string of the molecule is COC1(CO)CCN(c2ncc(Cl)cn2)CC1. The lowest BCUT2D eigenvalue weighted by molar-refractivity contribution is -0.0674. The third-order valence-electron chi connectivity index (χ3n) is 3.29. The molecule has 0 aromatic carbocycles. The summed E-state index contributed by atoms with van der Waals surface area (Å²) >= 11 is 5.74. The number of hydrogen-bond donors (Lipinski definition) is 1. The van der Waals surface area contributed by atoms with Crippen LogP contribution in [-0.4, -0.2) is 47.5 Å². The Hall–Kier alpha value is -0.910. The highest BCUT2D eigenvalue weighted by atomic mass is 35.5. The fraction of sp³-hybridized carbons (Fsp3) is 0.636. The highest BCUT2D eigenvalue weighted by Crippen LogP contribution is 2.27. The second-order valence-corrected chi connectivity index (χ2v) is 4.67. The summed E-state index contributed by atoms with van der Waals surface area (Å²) in [6.45, 7) is 1.60. The van der Waals surface area contributed by atoms with Crippen LogP contribution in [0.5, 0.6) is 0 Å². The van der Waals surface area contributed by atoms with Gasteiger partial charge in [-0.05, 0) is 12.8 Å². The highest BCUT2D eigenvalue weighted by Gasteiger charge is 2.34. The maximum Gasteiger partial charge on any atom is 0.225 e. The van der Waals surface area contributed by atoms with Gasteiger partial charge in [-0.1, -0.05) is 11.6 Å².